The van der Waals surface area contributed by atoms with E-state index < -0.39 is 9.05 Å². The molecule has 0 amide bonds. The molecule has 4 nitrogen and oxygen atoms in total. The van der Waals surface area contributed by atoms with Gasteiger partial charge in [0, 0.05) is 10.7 Å². The van der Waals surface area contributed by atoms with Crippen molar-refractivity contribution < 1.29 is 13.2 Å². The smallest absolute Gasteiger partial charge is 0.266 e. The van der Waals surface area contributed by atoms with E-state index in [1.54, 1.807) is 6.92 Å². The first kappa shape index (κ1) is 11.6. The Hall–Kier alpha value is -0.520. The summed E-state index contributed by atoms with van der Waals surface area (Å²) < 4.78 is 26.9. The second-order valence-electron chi connectivity index (χ2n) is 2.50. The summed E-state index contributed by atoms with van der Waals surface area (Å²) in [6.07, 6.45) is 0. The molecule has 1 aromatic rings. The molecular formula is C7H7Cl2NO3S. The summed E-state index contributed by atoms with van der Waals surface area (Å²) in [4.78, 5) is 3.62. The van der Waals surface area contributed by atoms with Crippen LogP contribution in [0, 0.1) is 6.92 Å². The summed E-state index contributed by atoms with van der Waals surface area (Å²) in [7, 11) is 2.58. The van der Waals surface area contributed by atoms with Gasteiger partial charge in [0.2, 0.25) is 5.88 Å². The van der Waals surface area contributed by atoms with Crippen LogP contribution in [0.15, 0.2) is 11.0 Å². The van der Waals surface area contributed by atoms with E-state index in [0.29, 0.717) is 5.69 Å². The zero-order valence-electron chi connectivity index (χ0n) is 7.41. The SMILES string of the molecule is COc1nc(C)c(Cl)cc1S(=O)(=O)Cl. The first-order valence-electron chi connectivity index (χ1n) is 3.52. The largest absolute Gasteiger partial charge is 0.480 e. The molecule has 14 heavy (non-hydrogen) atoms. The molecular weight excluding hydrogens is 249 g/mol. The van der Waals surface area contributed by atoms with Crippen molar-refractivity contribution in [1.82, 2.24) is 4.98 Å². The molecule has 0 spiro atoms. The molecule has 1 aromatic heterocycles. The minimum atomic E-state index is -3.88. The maximum Gasteiger partial charge on any atom is 0.266 e. The third-order valence-corrected chi connectivity index (χ3v) is 3.24. The first-order valence-corrected chi connectivity index (χ1v) is 6.20. The molecule has 0 unspecified atom stereocenters. The average Bonchev–Trinajstić information content (AvgIpc) is 2.07. The molecule has 1 rings (SSSR count). The Balaban J connectivity index is 3.51. The van der Waals surface area contributed by atoms with Crippen molar-refractivity contribution >= 4 is 31.3 Å². The van der Waals surface area contributed by atoms with Gasteiger partial charge < -0.3 is 4.74 Å². The van der Waals surface area contributed by atoms with Gasteiger partial charge >= 0.3 is 0 Å². The van der Waals surface area contributed by atoms with Crippen LogP contribution in [-0.2, 0) is 9.05 Å². The van der Waals surface area contributed by atoms with E-state index in [0.717, 1.165) is 0 Å². The Kier molecular flexibility index (Phi) is 3.24. The maximum absolute atomic E-state index is 11.1. The normalized spacial score (nSPS) is 11.4. The quantitative estimate of drug-likeness (QED) is 0.759. The Morgan fingerprint density at radius 1 is 1.50 bits per heavy atom. The lowest BCUT2D eigenvalue weighted by Gasteiger charge is -2.06. The molecule has 0 bridgehead atoms. The molecule has 78 valence electrons. The summed E-state index contributed by atoms with van der Waals surface area (Å²) in [5, 5.41) is 0.227. The van der Waals surface area contributed by atoms with Crippen LogP contribution >= 0.6 is 22.3 Å². The number of methoxy groups -OCH3 is 1. The van der Waals surface area contributed by atoms with E-state index in [4.69, 9.17) is 27.0 Å². The van der Waals surface area contributed by atoms with Crippen molar-refractivity contribution in [2.75, 3.05) is 7.11 Å². The highest BCUT2D eigenvalue weighted by Crippen LogP contribution is 2.29. The summed E-state index contributed by atoms with van der Waals surface area (Å²) >= 11 is 5.71. The number of ether oxygens (including phenoxy) is 1. The van der Waals surface area contributed by atoms with Gasteiger partial charge in [0.1, 0.15) is 4.90 Å². The molecule has 0 aliphatic carbocycles. The lowest BCUT2D eigenvalue weighted by molar-refractivity contribution is 0.384. The average molecular weight is 256 g/mol. The van der Waals surface area contributed by atoms with Gasteiger partial charge in [0.15, 0.2) is 0 Å². The third kappa shape index (κ3) is 2.29. The third-order valence-electron chi connectivity index (χ3n) is 1.54. The van der Waals surface area contributed by atoms with Crippen LogP contribution < -0.4 is 4.74 Å². The molecule has 1 heterocycles. The van der Waals surface area contributed by atoms with Gasteiger partial charge in [-0.3, -0.25) is 0 Å². The summed E-state index contributed by atoms with van der Waals surface area (Å²) in [6, 6.07) is 1.21. The van der Waals surface area contributed by atoms with Crippen LogP contribution in [0.5, 0.6) is 5.88 Å². The van der Waals surface area contributed by atoms with Crippen molar-refractivity contribution in [3.63, 3.8) is 0 Å². The van der Waals surface area contributed by atoms with Crippen molar-refractivity contribution in [2.24, 2.45) is 0 Å². The summed E-state index contributed by atoms with van der Waals surface area (Å²) in [6.45, 7) is 1.63. The molecule has 0 fully saturated rings. The maximum atomic E-state index is 11.1. The monoisotopic (exact) mass is 255 g/mol. The minimum Gasteiger partial charge on any atom is -0.480 e. The van der Waals surface area contributed by atoms with Crippen LogP contribution in [0.4, 0.5) is 0 Å². The Labute approximate surface area is 91.2 Å². The Bertz CT molecular complexity index is 458. The van der Waals surface area contributed by atoms with Crippen LogP contribution in [0.2, 0.25) is 5.02 Å². The summed E-state index contributed by atoms with van der Waals surface area (Å²) in [5.74, 6) is -0.0538. The van der Waals surface area contributed by atoms with E-state index in [2.05, 4.69) is 4.98 Å². The van der Waals surface area contributed by atoms with Crippen molar-refractivity contribution in [3.8, 4) is 5.88 Å². The van der Waals surface area contributed by atoms with Gasteiger partial charge in [-0.05, 0) is 13.0 Å². The fourth-order valence-electron chi connectivity index (χ4n) is 0.863. The molecule has 7 heteroatoms. The predicted octanol–water partition coefficient (Wildman–Crippen LogP) is 1.98. The van der Waals surface area contributed by atoms with Gasteiger partial charge in [-0.25, -0.2) is 13.4 Å². The van der Waals surface area contributed by atoms with E-state index in [-0.39, 0.29) is 15.8 Å². The topological polar surface area (TPSA) is 56.3 Å². The number of halogens is 2. The molecule has 0 radical (unpaired) electrons. The number of hydrogen-bond acceptors (Lipinski definition) is 4. The molecule has 0 aliphatic heterocycles. The van der Waals surface area contributed by atoms with Gasteiger partial charge in [-0.1, -0.05) is 11.6 Å². The lowest BCUT2D eigenvalue weighted by Crippen LogP contribution is -2.00. The van der Waals surface area contributed by atoms with Gasteiger partial charge in [-0.2, -0.15) is 0 Å². The van der Waals surface area contributed by atoms with E-state index in [1.165, 1.54) is 13.2 Å². The number of hydrogen-bond donors (Lipinski definition) is 0. The number of nitrogens with zero attached hydrogens (tertiary/aromatic N) is 1. The fourth-order valence-corrected chi connectivity index (χ4v) is 2.01. The lowest BCUT2D eigenvalue weighted by atomic mass is 10.4. The standard InChI is InChI=1S/C7H7Cl2NO3S/c1-4-5(8)3-6(14(9,11)12)7(10-4)13-2/h3H,1-2H3. The fraction of sp³-hybridized carbons (Fsp3) is 0.286. The molecule has 0 aliphatic rings. The molecule has 0 saturated heterocycles. The Morgan fingerprint density at radius 3 is 2.50 bits per heavy atom. The van der Waals surface area contributed by atoms with Crippen LogP contribution in [0.25, 0.3) is 0 Å². The zero-order valence-corrected chi connectivity index (χ0v) is 9.74. The second kappa shape index (κ2) is 3.92. The molecule has 0 saturated carbocycles. The van der Waals surface area contributed by atoms with Crippen molar-refractivity contribution in [3.05, 3.63) is 16.8 Å². The highest BCUT2D eigenvalue weighted by Gasteiger charge is 2.19. The second-order valence-corrected chi connectivity index (χ2v) is 5.44. The number of aryl methyl sites for hydroxylation is 1. The van der Waals surface area contributed by atoms with E-state index in [1.807, 2.05) is 0 Å². The van der Waals surface area contributed by atoms with Gasteiger partial charge in [0.05, 0.1) is 17.8 Å². The van der Waals surface area contributed by atoms with Crippen molar-refractivity contribution in [1.29, 1.82) is 0 Å². The van der Waals surface area contributed by atoms with Crippen molar-refractivity contribution in [2.45, 2.75) is 11.8 Å². The molecule has 0 N–H and O–H groups in total. The summed E-state index contributed by atoms with van der Waals surface area (Å²) in [5.41, 5.74) is 0.479. The first-order chi connectivity index (χ1) is 6.36. The predicted molar refractivity (Wildman–Crippen MR) is 53.6 cm³/mol. The number of aromatic nitrogens is 1. The molecule has 0 aromatic carbocycles. The molecule has 0 atom stereocenters. The van der Waals surface area contributed by atoms with E-state index >= 15 is 0 Å². The number of rotatable bonds is 2. The number of pyridine rings is 1. The van der Waals surface area contributed by atoms with Crippen LogP contribution in [-0.4, -0.2) is 20.5 Å². The van der Waals surface area contributed by atoms with Crippen LogP contribution in [0.1, 0.15) is 5.69 Å². The highest BCUT2D eigenvalue weighted by atomic mass is 35.7. The zero-order chi connectivity index (χ0) is 10.9. The highest BCUT2D eigenvalue weighted by molar-refractivity contribution is 8.13. The van der Waals surface area contributed by atoms with E-state index in [9.17, 15) is 8.42 Å². The van der Waals surface area contributed by atoms with Gasteiger partial charge in [0.25, 0.3) is 9.05 Å². The van der Waals surface area contributed by atoms with Crippen LogP contribution in [0.3, 0.4) is 0 Å². The minimum absolute atomic E-state index is 0.0538. The Morgan fingerprint density at radius 2 is 2.07 bits per heavy atom. The van der Waals surface area contributed by atoms with Gasteiger partial charge in [-0.15, -0.1) is 0 Å².